The maximum atomic E-state index is 4.76. The van der Waals surface area contributed by atoms with Crippen molar-refractivity contribution in [2.45, 2.75) is 39.6 Å². The second-order valence-electron chi connectivity index (χ2n) is 10.5. The first-order valence-corrected chi connectivity index (χ1v) is 25.4. The van der Waals surface area contributed by atoms with E-state index in [0.29, 0.717) is 3.63 Å². The van der Waals surface area contributed by atoms with Crippen molar-refractivity contribution < 1.29 is 17.4 Å². The van der Waals surface area contributed by atoms with Gasteiger partial charge >= 0.3 is 201 Å². The Kier molecular flexibility index (Phi) is 8.34. The van der Waals surface area contributed by atoms with Crippen molar-refractivity contribution in [3.8, 4) is 22.5 Å². The minimum absolute atomic E-state index is 0. The molecule has 0 saturated carbocycles. The molecule has 6 heteroatoms. The quantitative estimate of drug-likeness (QED) is 0.277. The van der Waals surface area contributed by atoms with Crippen molar-refractivity contribution in [2.24, 2.45) is 0 Å². The molecule has 2 aromatic heterocycles. The Morgan fingerprint density at radius 3 is 2.17 bits per heavy atom. The molecule has 35 heavy (non-hydrogen) atoms. The molecule has 0 spiro atoms. The maximum absolute atomic E-state index is 4.76. The van der Waals surface area contributed by atoms with Crippen LogP contribution in [0.15, 0.2) is 87.5 Å². The average molecular weight is 601 g/mol. The van der Waals surface area contributed by atoms with Crippen LogP contribution < -0.4 is 0 Å². The minimum Gasteiger partial charge on any atom is -0.147 e. The van der Waals surface area contributed by atoms with E-state index in [0.717, 1.165) is 24.2 Å². The van der Waals surface area contributed by atoms with Gasteiger partial charge < -0.3 is 0 Å². The van der Waals surface area contributed by atoms with Crippen molar-refractivity contribution in [3.05, 3.63) is 98.6 Å². The van der Waals surface area contributed by atoms with E-state index in [2.05, 4.69) is 84.6 Å². The van der Waals surface area contributed by atoms with Crippen LogP contribution in [0.2, 0.25) is 9.26 Å². The predicted molar refractivity (Wildman–Crippen MR) is 155 cm³/mol. The molecule has 2 heterocycles. The number of nitrogens with zero attached hydrogens (tertiary/aromatic N) is 2. The van der Waals surface area contributed by atoms with E-state index in [1.54, 1.807) is 8.85 Å². The molecule has 0 saturated heterocycles. The second kappa shape index (κ2) is 10.4. The molecule has 1 aromatic carbocycles. The Balaban J connectivity index is 0.00000171. The largest absolute Gasteiger partial charge is 0.147 e. The minimum atomic E-state index is -3.36. The Bertz CT molecular complexity index is 1400. The molecule has 3 aromatic rings. The monoisotopic (exact) mass is 598 g/mol. The SMILES string of the molecule is CCC1=Cc2c(-c3ccccn3)cc(-c3ccccn3)cc2[CH]1[Zr]([CH3])([CH3])(=[SiH2])[C]1=C(C)C=CC1.Cl.Cl. The molecule has 5 rings (SSSR count). The zero-order valence-corrected chi connectivity index (χ0v) is 26.4. The molecule has 0 radical (unpaired) electrons. The molecule has 182 valence electrons. The number of hydrogen-bond donors (Lipinski definition) is 0. The summed E-state index contributed by atoms with van der Waals surface area (Å²) in [4.78, 5) is 9.46. The summed E-state index contributed by atoms with van der Waals surface area (Å²) in [6.07, 6.45) is 13.2. The maximum Gasteiger partial charge on any atom is -0.147 e. The Labute approximate surface area is 224 Å². The summed E-state index contributed by atoms with van der Waals surface area (Å²) >= 11 is -3.36. The number of halogens is 2. The summed E-state index contributed by atoms with van der Waals surface area (Å²) in [5, 5.41) is 0. The van der Waals surface area contributed by atoms with Crippen LogP contribution in [0.1, 0.15) is 41.4 Å². The summed E-state index contributed by atoms with van der Waals surface area (Å²) < 4.78 is 7.61. The van der Waals surface area contributed by atoms with E-state index in [4.69, 9.17) is 9.97 Å². The first-order valence-electron chi connectivity index (χ1n) is 11.9. The summed E-state index contributed by atoms with van der Waals surface area (Å²) in [6, 6.07) is 17.1. The Morgan fingerprint density at radius 2 is 1.63 bits per heavy atom. The van der Waals surface area contributed by atoms with Gasteiger partial charge in [-0.2, -0.15) is 0 Å². The first kappa shape index (κ1) is 28.0. The van der Waals surface area contributed by atoms with E-state index in [1.165, 1.54) is 27.8 Å². The van der Waals surface area contributed by atoms with Gasteiger partial charge in [-0.25, -0.2) is 0 Å². The molecule has 0 N–H and O–H groups in total. The molecule has 2 nitrogen and oxygen atoms in total. The van der Waals surface area contributed by atoms with Gasteiger partial charge in [-0.1, -0.05) is 0 Å². The number of allylic oxidation sites excluding steroid dienone is 5. The van der Waals surface area contributed by atoms with Crippen LogP contribution in [0.25, 0.3) is 28.6 Å². The summed E-state index contributed by atoms with van der Waals surface area (Å²) in [6.45, 7) is 7.03. The third-order valence-electron chi connectivity index (χ3n) is 7.62. The summed E-state index contributed by atoms with van der Waals surface area (Å²) in [5.41, 5.74) is 10.5. The standard InChI is InChI=1S/C21H17N2.C6H7.2CH3.2ClH.H2Si.Zr/c1-2-15-11-16-13-17(20-7-3-5-9-22-20)14-19(18(16)12-15)21-8-4-6-10-23-21;1-6-4-2-3-5-6;;;;;;/h3-14H,2H2,1H3;2,4H,3H2,1H3;2*1H3;2*1H;1H2;. The number of aromatic nitrogens is 2. The van der Waals surface area contributed by atoms with Gasteiger partial charge in [0.05, 0.1) is 0 Å². The third-order valence-corrected chi connectivity index (χ3v) is 25.1. The van der Waals surface area contributed by atoms with Crippen LogP contribution in [-0.4, -0.2) is 16.8 Å². The smallest absolute Gasteiger partial charge is 0.147 e. The van der Waals surface area contributed by atoms with E-state index < -0.39 is 17.4 Å². The predicted octanol–water partition coefficient (Wildman–Crippen LogP) is 8.07. The van der Waals surface area contributed by atoms with Gasteiger partial charge in [0.15, 0.2) is 0 Å². The average Bonchev–Trinajstić information content (AvgIpc) is 3.44. The second-order valence-corrected chi connectivity index (χ2v) is 40.1. The third kappa shape index (κ3) is 4.88. The fourth-order valence-corrected chi connectivity index (χ4v) is 24.3. The van der Waals surface area contributed by atoms with E-state index >= 15 is 0 Å². The summed E-state index contributed by atoms with van der Waals surface area (Å²) in [5.74, 6) is 0. The molecule has 1 atom stereocenters. The van der Waals surface area contributed by atoms with Gasteiger partial charge in [0.2, 0.25) is 0 Å². The fraction of sp³-hybridized carbons (Fsp3) is 0.241. The summed E-state index contributed by atoms with van der Waals surface area (Å²) in [7, 11) is 0. The normalized spacial score (nSPS) is 16.9. The molecule has 0 bridgehead atoms. The molecule has 0 fully saturated rings. The number of benzene rings is 1. The van der Waals surface area contributed by atoms with Crippen LogP contribution in [0.5, 0.6) is 0 Å². The van der Waals surface area contributed by atoms with Gasteiger partial charge in [-0.15, -0.1) is 24.8 Å². The van der Waals surface area contributed by atoms with Crippen LogP contribution in [-0.2, 0) is 17.4 Å². The van der Waals surface area contributed by atoms with Gasteiger partial charge in [0.1, 0.15) is 0 Å². The molecular weight excluding hydrogens is 567 g/mol. The van der Waals surface area contributed by atoms with E-state index in [-0.39, 0.29) is 24.8 Å². The molecule has 2 aliphatic carbocycles. The topological polar surface area (TPSA) is 25.8 Å². The van der Waals surface area contributed by atoms with Crippen molar-refractivity contribution in [1.29, 1.82) is 0 Å². The number of fused-ring (bicyclic) bond motifs is 1. The molecule has 2 aliphatic rings. The van der Waals surface area contributed by atoms with Crippen molar-refractivity contribution in [1.82, 2.24) is 9.97 Å². The zero-order valence-electron chi connectivity index (χ0n) is 20.9. The van der Waals surface area contributed by atoms with Crippen LogP contribution in [0, 0.1) is 0 Å². The van der Waals surface area contributed by atoms with Crippen LogP contribution in [0.4, 0.5) is 0 Å². The Hall–Kier alpha value is -1.58. The van der Waals surface area contributed by atoms with Gasteiger partial charge in [0, 0.05) is 0 Å². The van der Waals surface area contributed by atoms with Gasteiger partial charge in [0.25, 0.3) is 0 Å². The molecule has 1 unspecified atom stereocenters. The van der Waals surface area contributed by atoms with Crippen LogP contribution >= 0.6 is 24.8 Å². The molecular formula is C29H34Cl2N2SiZr. The van der Waals surface area contributed by atoms with Crippen molar-refractivity contribution in [3.63, 3.8) is 0 Å². The Morgan fingerprint density at radius 1 is 0.971 bits per heavy atom. The number of rotatable bonds is 5. The van der Waals surface area contributed by atoms with Crippen LogP contribution in [0.3, 0.4) is 0 Å². The number of pyridine rings is 2. The number of hydrogen-bond acceptors (Lipinski definition) is 2. The van der Waals surface area contributed by atoms with E-state index in [1.807, 2.05) is 24.5 Å². The first-order chi connectivity index (χ1) is 15.8. The van der Waals surface area contributed by atoms with E-state index in [9.17, 15) is 0 Å². The van der Waals surface area contributed by atoms with Gasteiger partial charge in [-0.3, -0.25) is 0 Å². The van der Waals surface area contributed by atoms with Crippen molar-refractivity contribution in [2.75, 3.05) is 0 Å². The molecule has 0 aliphatic heterocycles. The van der Waals surface area contributed by atoms with Crippen molar-refractivity contribution >= 4 is 37.8 Å². The zero-order chi connectivity index (χ0) is 23.2. The fourth-order valence-electron chi connectivity index (χ4n) is 6.13. The molecule has 0 amide bonds. The van der Waals surface area contributed by atoms with Gasteiger partial charge in [-0.05, 0) is 0 Å².